The van der Waals surface area contributed by atoms with E-state index in [1.54, 1.807) is 0 Å². The first-order valence-corrected chi connectivity index (χ1v) is 7.14. The van der Waals surface area contributed by atoms with E-state index in [1.165, 1.54) is 0 Å². The second kappa shape index (κ2) is 5.93. The highest BCUT2D eigenvalue weighted by atomic mass is 79.9. The first-order chi connectivity index (χ1) is 8.58. The minimum Gasteiger partial charge on any atom is -0.454 e. The summed E-state index contributed by atoms with van der Waals surface area (Å²) in [4.78, 5) is 0.247. The SMILES string of the molecule is CC(C)CO[C@@H](c1ccc2c(c1)OCO2)[C@H](C)Br. The molecule has 0 radical (unpaired) electrons. The van der Waals surface area contributed by atoms with Crippen LogP contribution in [0.15, 0.2) is 18.2 Å². The van der Waals surface area contributed by atoms with Crippen molar-refractivity contribution >= 4 is 15.9 Å². The summed E-state index contributed by atoms with van der Waals surface area (Å²) in [5, 5.41) is 0. The molecule has 2 rings (SSSR count). The van der Waals surface area contributed by atoms with Crippen LogP contribution in [0.4, 0.5) is 0 Å². The quantitative estimate of drug-likeness (QED) is 0.771. The van der Waals surface area contributed by atoms with Gasteiger partial charge in [-0.05, 0) is 30.5 Å². The van der Waals surface area contributed by atoms with Crippen molar-refractivity contribution in [2.24, 2.45) is 5.92 Å². The van der Waals surface area contributed by atoms with E-state index in [1.807, 2.05) is 18.2 Å². The van der Waals surface area contributed by atoms with Crippen LogP contribution in [-0.2, 0) is 4.74 Å². The van der Waals surface area contributed by atoms with Crippen LogP contribution in [0.25, 0.3) is 0 Å². The summed E-state index contributed by atoms with van der Waals surface area (Å²) in [6, 6.07) is 5.99. The molecule has 0 saturated heterocycles. The lowest BCUT2D eigenvalue weighted by atomic mass is 10.1. The Kier molecular flexibility index (Phi) is 4.51. The Labute approximate surface area is 117 Å². The van der Waals surface area contributed by atoms with Crippen molar-refractivity contribution in [3.05, 3.63) is 23.8 Å². The van der Waals surface area contributed by atoms with Crippen LogP contribution in [0.5, 0.6) is 11.5 Å². The average molecular weight is 315 g/mol. The van der Waals surface area contributed by atoms with Gasteiger partial charge in [-0.25, -0.2) is 0 Å². The summed E-state index contributed by atoms with van der Waals surface area (Å²) in [7, 11) is 0. The number of alkyl halides is 1. The molecule has 0 bridgehead atoms. The molecule has 3 nitrogen and oxygen atoms in total. The topological polar surface area (TPSA) is 27.7 Å². The van der Waals surface area contributed by atoms with Crippen LogP contribution in [0.2, 0.25) is 0 Å². The molecule has 0 aromatic heterocycles. The Morgan fingerprint density at radius 1 is 1.22 bits per heavy atom. The van der Waals surface area contributed by atoms with Crippen LogP contribution < -0.4 is 9.47 Å². The smallest absolute Gasteiger partial charge is 0.231 e. The van der Waals surface area contributed by atoms with Crippen LogP contribution in [0, 0.1) is 5.92 Å². The molecule has 4 heteroatoms. The normalized spacial score (nSPS) is 16.9. The maximum atomic E-state index is 5.97. The number of benzene rings is 1. The third kappa shape index (κ3) is 3.18. The summed E-state index contributed by atoms with van der Waals surface area (Å²) in [6.07, 6.45) is 0.0295. The molecule has 0 spiro atoms. The summed E-state index contributed by atoms with van der Waals surface area (Å²) in [5.41, 5.74) is 1.12. The van der Waals surface area contributed by atoms with Crippen molar-refractivity contribution in [2.75, 3.05) is 13.4 Å². The minimum absolute atomic E-state index is 0.0295. The first-order valence-electron chi connectivity index (χ1n) is 6.23. The fourth-order valence-electron chi connectivity index (χ4n) is 1.88. The number of fused-ring (bicyclic) bond motifs is 1. The summed E-state index contributed by atoms with van der Waals surface area (Å²) >= 11 is 3.61. The van der Waals surface area contributed by atoms with Gasteiger partial charge >= 0.3 is 0 Å². The highest BCUT2D eigenvalue weighted by Crippen LogP contribution is 2.36. The van der Waals surface area contributed by atoms with Gasteiger partial charge in [0.05, 0.1) is 6.10 Å². The molecule has 0 amide bonds. The molecule has 1 aliphatic heterocycles. The minimum atomic E-state index is 0.0295. The Morgan fingerprint density at radius 2 is 1.94 bits per heavy atom. The summed E-state index contributed by atoms with van der Waals surface area (Å²) < 4.78 is 16.7. The predicted octanol–water partition coefficient (Wildman–Crippen LogP) is 3.91. The zero-order chi connectivity index (χ0) is 13.1. The number of hydrogen-bond acceptors (Lipinski definition) is 3. The number of halogens is 1. The van der Waals surface area contributed by atoms with Gasteiger partial charge in [0.2, 0.25) is 6.79 Å². The van der Waals surface area contributed by atoms with E-state index in [0.717, 1.165) is 23.7 Å². The monoisotopic (exact) mass is 314 g/mol. The second-order valence-electron chi connectivity index (χ2n) is 4.94. The molecule has 0 aliphatic carbocycles. The average Bonchev–Trinajstić information content (AvgIpc) is 2.75. The first kappa shape index (κ1) is 13.7. The van der Waals surface area contributed by atoms with E-state index in [9.17, 15) is 0 Å². The molecule has 0 saturated carbocycles. The van der Waals surface area contributed by atoms with Crippen LogP contribution >= 0.6 is 15.9 Å². The van der Waals surface area contributed by atoms with Gasteiger partial charge in [-0.2, -0.15) is 0 Å². The van der Waals surface area contributed by atoms with Crippen molar-refractivity contribution in [1.82, 2.24) is 0 Å². The van der Waals surface area contributed by atoms with Gasteiger partial charge in [0, 0.05) is 11.4 Å². The fourth-order valence-corrected chi connectivity index (χ4v) is 2.34. The lowest BCUT2D eigenvalue weighted by molar-refractivity contribution is 0.0372. The maximum Gasteiger partial charge on any atom is 0.231 e. The molecule has 1 aromatic rings. The zero-order valence-electron chi connectivity index (χ0n) is 11.0. The predicted molar refractivity (Wildman–Crippen MR) is 74.5 cm³/mol. The summed E-state index contributed by atoms with van der Waals surface area (Å²) in [6.45, 7) is 7.44. The molecule has 1 aromatic carbocycles. The van der Waals surface area contributed by atoms with E-state index >= 15 is 0 Å². The molecular formula is C14H19BrO3. The number of hydrogen-bond donors (Lipinski definition) is 0. The van der Waals surface area contributed by atoms with E-state index in [4.69, 9.17) is 14.2 Å². The molecule has 1 heterocycles. The molecule has 100 valence electrons. The van der Waals surface area contributed by atoms with E-state index < -0.39 is 0 Å². The summed E-state index contributed by atoms with van der Waals surface area (Å²) in [5.74, 6) is 2.13. The van der Waals surface area contributed by atoms with Gasteiger partial charge in [-0.1, -0.05) is 35.8 Å². The van der Waals surface area contributed by atoms with Crippen molar-refractivity contribution < 1.29 is 14.2 Å². The van der Waals surface area contributed by atoms with Gasteiger partial charge in [-0.3, -0.25) is 0 Å². The van der Waals surface area contributed by atoms with Crippen molar-refractivity contribution in [3.8, 4) is 11.5 Å². The highest BCUT2D eigenvalue weighted by molar-refractivity contribution is 9.09. The Morgan fingerprint density at radius 3 is 2.61 bits per heavy atom. The lowest BCUT2D eigenvalue weighted by Crippen LogP contribution is -2.16. The largest absolute Gasteiger partial charge is 0.454 e. The second-order valence-corrected chi connectivity index (χ2v) is 6.38. The van der Waals surface area contributed by atoms with Gasteiger partial charge in [-0.15, -0.1) is 0 Å². The van der Waals surface area contributed by atoms with Gasteiger partial charge in [0.25, 0.3) is 0 Å². The fraction of sp³-hybridized carbons (Fsp3) is 0.571. The Bertz CT molecular complexity index is 404. The molecule has 0 N–H and O–H groups in total. The number of rotatable bonds is 5. The van der Waals surface area contributed by atoms with E-state index in [0.29, 0.717) is 12.7 Å². The molecule has 0 fully saturated rings. The zero-order valence-corrected chi connectivity index (χ0v) is 12.6. The van der Waals surface area contributed by atoms with Gasteiger partial charge in [0.1, 0.15) is 0 Å². The lowest BCUT2D eigenvalue weighted by Gasteiger charge is -2.22. The van der Waals surface area contributed by atoms with Crippen molar-refractivity contribution in [2.45, 2.75) is 31.7 Å². The molecule has 0 unspecified atom stereocenters. The van der Waals surface area contributed by atoms with Crippen LogP contribution in [0.3, 0.4) is 0 Å². The third-order valence-electron chi connectivity index (χ3n) is 2.75. The van der Waals surface area contributed by atoms with Gasteiger partial charge < -0.3 is 14.2 Å². The standard InChI is InChI=1S/C14H19BrO3/c1-9(2)7-16-14(10(3)15)11-4-5-12-13(6-11)18-8-17-12/h4-6,9-10,14H,7-8H2,1-3H3/t10-,14+/m0/s1. The highest BCUT2D eigenvalue weighted by Gasteiger charge is 2.22. The van der Waals surface area contributed by atoms with Gasteiger partial charge in [0.15, 0.2) is 11.5 Å². The number of ether oxygens (including phenoxy) is 3. The Hall–Kier alpha value is -0.740. The molecule has 18 heavy (non-hydrogen) atoms. The van der Waals surface area contributed by atoms with E-state index in [-0.39, 0.29) is 10.9 Å². The van der Waals surface area contributed by atoms with E-state index in [2.05, 4.69) is 36.7 Å². The Balaban J connectivity index is 2.15. The maximum absolute atomic E-state index is 5.97. The van der Waals surface area contributed by atoms with Crippen molar-refractivity contribution in [3.63, 3.8) is 0 Å². The molecule has 2 atom stereocenters. The molecule has 1 aliphatic rings. The van der Waals surface area contributed by atoms with Crippen molar-refractivity contribution in [1.29, 1.82) is 0 Å². The van der Waals surface area contributed by atoms with Crippen LogP contribution in [0.1, 0.15) is 32.4 Å². The third-order valence-corrected chi connectivity index (χ3v) is 3.23. The van der Waals surface area contributed by atoms with Crippen LogP contribution in [-0.4, -0.2) is 18.2 Å². The molecular weight excluding hydrogens is 296 g/mol.